The zero-order valence-corrected chi connectivity index (χ0v) is 19.3. The Labute approximate surface area is 190 Å². The van der Waals surface area contributed by atoms with Gasteiger partial charge in [-0.15, -0.1) is 0 Å². The summed E-state index contributed by atoms with van der Waals surface area (Å²) >= 11 is 0. The molecule has 3 N–H and O–H groups in total. The van der Waals surface area contributed by atoms with Crippen LogP contribution in [0.1, 0.15) is 49.3 Å². The molecule has 0 radical (unpaired) electrons. The maximum absolute atomic E-state index is 14.8. The summed E-state index contributed by atoms with van der Waals surface area (Å²) in [4.78, 5) is 4.69. The normalized spacial score (nSPS) is 27.5. The molecular weight excluding hydrogens is 405 g/mol. The lowest BCUT2D eigenvalue weighted by Gasteiger charge is -2.44. The van der Waals surface area contributed by atoms with Crippen molar-refractivity contribution in [3.63, 3.8) is 0 Å². The predicted octanol–water partition coefficient (Wildman–Crippen LogP) is 3.59. The zero-order chi connectivity index (χ0) is 22.8. The first-order valence-corrected chi connectivity index (χ1v) is 11.7. The summed E-state index contributed by atoms with van der Waals surface area (Å²) in [5.41, 5.74) is 1.46. The van der Waals surface area contributed by atoms with Crippen molar-refractivity contribution in [3.05, 3.63) is 65.0 Å². The van der Waals surface area contributed by atoms with Crippen molar-refractivity contribution < 1.29 is 14.6 Å². The number of phenols is 1. The van der Waals surface area contributed by atoms with E-state index in [1.807, 2.05) is 25.1 Å². The van der Waals surface area contributed by atoms with Gasteiger partial charge in [0.15, 0.2) is 0 Å². The number of likely N-dealkylation sites (N-methyl/N-ethyl adjacent to an activating group) is 1. The molecule has 32 heavy (non-hydrogen) atoms. The first kappa shape index (κ1) is 23.2. The van der Waals surface area contributed by atoms with Crippen LogP contribution >= 0.6 is 0 Å². The first-order chi connectivity index (χ1) is 15.3. The summed E-state index contributed by atoms with van der Waals surface area (Å²) in [6.07, 6.45) is 2.59. The van der Waals surface area contributed by atoms with Crippen molar-refractivity contribution in [2.75, 3.05) is 33.2 Å². The molecule has 5 nitrogen and oxygen atoms in total. The van der Waals surface area contributed by atoms with Crippen molar-refractivity contribution in [2.45, 2.75) is 56.8 Å². The third-order valence-corrected chi connectivity index (χ3v) is 7.33. The smallest absolute Gasteiger partial charge is 0.128 e. The number of aromatic hydroxyl groups is 1. The molecule has 174 valence electrons. The minimum absolute atomic E-state index is 0.206. The maximum atomic E-state index is 14.8. The Morgan fingerprint density at radius 1 is 1.00 bits per heavy atom. The number of hydrogen-bond donors (Lipinski definition) is 3. The lowest BCUT2D eigenvalue weighted by Crippen LogP contribution is -2.49. The number of rotatable bonds is 6. The Bertz CT molecular complexity index is 915. The SMILES string of the molecule is CN1CCN(Cc2cc(CNC3(c4ccccc4F)CCC(C)(O)CC3)ccc2O)CC1. The molecule has 1 aliphatic carbocycles. The van der Waals surface area contributed by atoms with Gasteiger partial charge >= 0.3 is 0 Å². The van der Waals surface area contributed by atoms with Crippen LogP contribution in [0.25, 0.3) is 0 Å². The third-order valence-electron chi connectivity index (χ3n) is 7.33. The Balaban J connectivity index is 1.50. The van der Waals surface area contributed by atoms with Crippen LogP contribution in [0.15, 0.2) is 42.5 Å². The summed E-state index contributed by atoms with van der Waals surface area (Å²) in [5, 5.41) is 24.6. The molecule has 0 atom stereocenters. The zero-order valence-electron chi connectivity index (χ0n) is 19.3. The topological polar surface area (TPSA) is 59.0 Å². The minimum atomic E-state index is -0.704. The number of hydrogen-bond acceptors (Lipinski definition) is 5. The highest BCUT2D eigenvalue weighted by Crippen LogP contribution is 2.42. The minimum Gasteiger partial charge on any atom is -0.508 e. The Morgan fingerprint density at radius 2 is 1.69 bits per heavy atom. The van der Waals surface area contributed by atoms with E-state index in [0.29, 0.717) is 43.5 Å². The highest BCUT2D eigenvalue weighted by Gasteiger charge is 2.41. The van der Waals surface area contributed by atoms with Gasteiger partial charge in [-0.05, 0) is 63.4 Å². The van der Waals surface area contributed by atoms with Crippen molar-refractivity contribution in [1.82, 2.24) is 15.1 Å². The lowest BCUT2D eigenvalue weighted by atomic mass is 9.71. The fraction of sp³-hybridized carbons (Fsp3) is 0.538. The molecule has 2 aromatic rings. The summed E-state index contributed by atoms with van der Waals surface area (Å²) in [6, 6.07) is 12.7. The van der Waals surface area contributed by atoms with Crippen LogP contribution in [0.5, 0.6) is 5.75 Å². The highest BCUT2D eigenvalue weighted by molar-refractivity contribution is 5.36. The Kier molecular flexibility index (Phi) is 6.86. The molecule has 2 fully saturated rings. The van der Waals surface area contributed by atoms with Gasteiger partial charge < -0.3 is 20.4 Å². The van der Waals surface area contributed by atoms with E-state index in [9.17, 15) is 14.6 Å². The molecule has 1 heterocycles. The summed E-state index contributed by atoms with van der Waals surface area (Å²) < 4.78 is 14.8. The second-order valence-electron chi connectivity index (χ2n) is 9.95. The fourth-order valence-corrected chi connectivity index (χ4v) is 5.00. The van der Waals surface area contributed by atoms with Crippen LogP contribution in [0.3, 0.4) is 0 Å². The van der Waals surface area contributed by atoms with Crippen molar-refractivity contribution in [3.8, 4) is 5.75 Å². The van der Waals surface area contributed by atoms with Gasteiger partial charge in [0, 0.05) is 55.9 Å². The average Bonchev–Trinajstić information content (AvgIpc) is 2.77. The van der Waals surface area contributed by atoms with Crippen LogP contribution < -0.4 is 5.32 Å². The molecule has 0 unspecified atom stereocenters. The molecule has 4 rings (SSSR count). The van der Waals surface area contributed by atoms with E-state index >= 15 is 0 Å². The van der Waals surface area contributed by atoms with Gasteiger partial charge in [-0.1, -0.05) is 24.3 Å². The van der Waals surface area contributed by atoms with E-state index in [1.54, 1.807) is 12.1 Å². The van der Waals surface area contributed by atoms with Gasteiger partial charge in [0.2, 0.25) is 0 Å². The molecule has 0 spiro atoms. The van der Waals surface area contributed by atoms with Gasteiger partial charge in [0.05, 0.1) is 5.60 Å². The second-order valence-corrected chi connectivity index (χ2v) is 9.95. The van der Waals surface area contributed by atoms with Crippen LogP contribution in [0.2, 0.25) is 0 Å². The second kappa shape index (κ2) is 9.48. The summed E-state index contributed by atoms with van der Waals surface area (Å²) in [5.74, 6) is 0.119. The molecule has 1 aliphatic heterocycles. The predicted molar refractivity (Wildman–Crippen MR) is 125 cm³/mol. The monoisotopic (exact) mass is 441 g/mol. The number of benzene rings is 2. The third kappa shape index (κ3) is 5.31. The number of nitrogens with one attached hydrogen (secondary N) is 1. The van der Waals surface area contributed by atoms with Gasteiger partial charge in [0.1, 0.15) is 11.6 Å². The van der Waals surface area contributed by atoms with Crippen LogP contribution in [-0.4, -0.2) is 58.8 Å². The number of halogens is 1. The van der Waals surface area contributed by atoms with Gasteiger partial charge in [-0.25, -0.2) is 4.39 Å². The summed E-state index contributed by atoms with van der Waals surface area (Å²) in [6.45, 7) is 7.24. The molecule has 1 saturated carbocycles. The first-order valence-electron chi connectivity index (χ1n) is 11.7. The fourth-order valence-electron chi connectivity index (χ4n) is 5.00. The number of aliphatic hydroxyl groups is 1. The molecule has 2 aliphatic rings. The van der Waals surface area contributed by atoms with Gasteiger partial charge in [-0.3, -0.25) is 4.90 Å². The number of phenolic OH excluding ortho intramolecular Hbond substituents is 1. The molecule has 0 amide bonds. The van der Waals surface area contributed by atoms with Crippen LogP contribution in [-0.2, 0) is 18.6 Å². The van der Waals surface area contributed by atoms with Crippen LogP contribution in [0.4, 0.5) is 4.39 Å². The number of piperazine rings is 1. The van der Waals surface area contributed by atoms with Crippen molar-refractivity contribution in [2.24, 2.45) is 0 Å². The maximum Gasteiger partial charge on any atom is 0.128 e. The van der Waals surface area contributed by atoms with Crippen LogP contribution in [0, 0.1) is 5.82 Å². The van der Waals surface area contributed by atoms with E-state index in [-0.39, 0.29) is 5.82 Å². The van der Waals surface area contributed by atoms with E-state index in [2.05, 4.69) is 28.2 Å². The molecular formula is C26H36FN3O2. The Hall–Kier alpha value is -1.99. The molecule has 1 saturated heterocycles. The van der Waals surface area contributed by atoms with E-state index in [1.165, 1.54) is 6.07 Å². The van der Waals surface area contributed by atoms with Gasteiger partial charge in [-0.2, -0.15) is 0 Å². The van der Waals surface area contributed by atoms with Crippen molar-refractivity contribution in [1.29, 1.82) is 0 Å². The lowest BCUT2D eigenvalue weighted by molar-refractivity contribution is -0.00796. The molecule has 0 aromatic heterocycles. The summed E-state index contributed by atoms with van der Waals surface area (Å²) in [7, 11) is 2.14. The van der Waals surface area contributed by atoms with E-state index in [4.69, 9.17) is 0 Å². The standard InChI is InChI=1S/C26H36FN3O2/c1-25(32)9-11-26(12-10-25,22-5-3-4-6-23(22)27)28-18-20-7-8-24(31)21(17-20)19-30-15-13-29(2)14-16-30/h3-8,17,28,31-32H,9-16,18-19H2,1-2H3. The van der Waals surface area contributed by atoms with Gasteiger partial charge in [0.25, 0.3) is 0 Å². The molecule has 6 heteroatoms. The largest absolute Gasteiger partial charge is 0.508 e. The highest BCUT2D eigenvalue weighted by atomic mass is 19.1. The molecule has 2 aromatic carbocycles. The molecule has 0 bridgehead atoms. The number of nitrogens with zero attached hydrogens (tertiary/aromatic N) is 2. The Morgan fingerprint density at radius 3 is 2.38 bits per heavy atom. The van der Waals surface area contributed by atoms with E-state index < -0.39 is 11.1 Å². The van der Waals surface area contributed by atoms with Crippen molar-refractivity contribution >= 4 is 0 Å². The van der Waals surface area contributed by atoms with E-state index in [0.717, 1.165) is 43.9 Å². The average molecular weight is 442 g/mol. The quantitative estimate of drug-likeness (QED) is 0.640.